The first kappa shape index (κ1) is 16.1. The number of carbonyl (C=O) groups is 2. The van der Waals surface area contributed by atoms with E-state index in [1.165, 1.54) is 12.4 Å². The van der Waals surface area contributed by atoms with Gasteiger partial charge in [-0.15, -0.1) is 0 Å². The summed E-state index contributed by atoms with van der Waals surface area (Å²) >= 11 is 0. The molecule has 8 heteroatoms. The summed E-state index contributed by atoms with van der Waals surface area (Å²) in [6.45, 7) is 0. The summed E-state index contributed by atoms with van der Waals surface area (Å²) in [5.74, 6) is 9.13. The highest BCUT2D eigenvalue weighted by molar-refractivity contribution is 5.98. The summed E-state index contributed by atoms with van der Waals surface area (Å²) in [7, 11) is 0. The Morgan fingerprint density at radius 1 is 0.905 bits per heavy atom. The van der Waals surface area contributed by atoms with Crippen molar-refractivity contribution in [1.29, 1.82) is 0 Å². The molecule has 21 heavy (non-hydrogen) atoms. The summed E-state index contributed by atoms with van der Waals surface area (Å²) < 4.78 is 0. The predicted octanol–water partition coefficient (Wildman–Crippen LogP) is -0.443. The number of hydrogen-bond donors (Lipinski definition) is 5. The largest absolute Gasteiger partial charge is 0.398 e. The van der Waals surface area contributed by atoms with E-state index in [1.807, 2.05) is 10.9 Å². The zero-order valence-electron chi connectivity index (χ0n) is 11.1. The Morgan fingerprint density at radius 2 is 1.48 bits per heavy atom. The molecule has 0 aliphatic carbocycles. The van der Waals surface area contributed by atoms with E-state index in [2.05, 4.69) is 4.98 Å². The van der Waals surface area contributed by atoms with Crippen molar-refractivity contribution in [2.24, 2.45) is 11.7 Å². The number of rotatable bonds is 2. The third-order valence-electron chi connectivity index (χ3n) is 2.41. The molecule has 0 spiro atoms. The van der Waals surface area contributed by atoms with Crippen molar-refractivity contribution >= 4 is 17.5 Å². The maximum absolute atomic E-state index is 10.9. The number of amides is 2. The SMILES string of the molecule is NNC(=O)c1ccccc1N.NNC(=O)c1ccncc1. The molecular weight excluding hydrogens is 272 g/mol. The average molecular weight is 288 g/mol. The lowest BCUT2D eigenvalue weighted by molar-refractivity contribution is 0.0946. The minimum Gasteiger partial charge on any atom is -0.398 e. The zero-order valence-corrected chi connectivity index (χ0v) is 11.1. The number of aromatic nitrogens is 1. The number of nitrogens with zero attached hydrogens (tertiary/aromatic N) is 1. The van der Waals surface area contributed by atoms with Crippen molar-refractivity contribution in [2.45, 2.75) is 0 Å². The van der Waals surface area contributed by atoms with Gasteiger partial charge in [0.05, 0.1) is 5.56 Å². The van der Waals surface area contributed by atoms with Gasteiger partial charge in [0.25, 0.3) is 11.8 Å². The Balaban J connectivity index is 0.000000211. The highest BCUT2D eigenvalue weighted by Gasteiger charge is 2.04. The molecule has 1 aromatic carbocycles. The molecule has 0 saturated carbocycles. The lowest BCUT2D eigenvalue weighted by atomic mass is 10.2. The Labute approximate surface area is 121 Å². The summed E-state index contributed by atoms with van der Waals surface area (Å²) in [6.07, 6.45) is 3.06. The molecule has 1 aromatic heterocycles. The quantitative estimate of drug-likeness (QED) is 0.219. The molecule has 0 atom stereocenters. The average Bonchev–Trinajstić information content (AvgIpc) is 2.55. The second-order valence-electron chi connectivity index (χ2n) is 3.77. The molecule has 1 heterocycles. The van der Waals surface area contributed by atoms with Gasteiger partial charge in [0.15, 0.2) is 0 Å². The van der Waals surface area contributed by atoms with Crippen LogP contribution >= 0.6 is 0 Å². The number of nitrogens with one attached hydrogen (secondary N) is 2. The van der Waals surface area contributed by atoms with Crippen LogP contribution in [0.15, 0.2) is 48.8 Å². The van der Waals surface area contributed by atoms with E-state index in [-0.39, 0.29) is 11.8 Å². The third kappa shape index (κ3) is 4.90. The van der Waals surface area contributed by atoms with Crippen LogP contribution in [-0.2, 0) is 0 Å². The summed E-state index contributed by atoms with van der Waals surface area (Å²) in [6, 6.07) is 9.90. The van der Waals surface area contributed by atoms with Crippen LogP contribution in [0.2, 0.25) is 0 Å². The maximum Gasteiger partial charge on any atom is 0.267 e. The van der Waals surface area contributed by atoms with Crippen LogP contribution in [0.4, 0.5) is 5.69 Å². The predicted molar refractivity (Wildman–Crippen MR) is 78.4 cm³/mol. The van der Waals surface area contributed by atoms with Crippen molar-refractivity contribution in [3.05, 3.63) is 59.9 Å². The zero-order chi connectivity index (χ0) is 15.7. The van der Waals surface area contributed by atoms with E-state index in [4.69, 9.17) is 17.4 Å². The normalized spacial score (nSPS) is 9.05. The van der Waals surface area contributed by atoms with E-state index in [9.17, 15) is 9.59 Å². The summed E-state index contributed by atoms with van der Waals surface area (Å²) in [5, 5.41) is 0. The Bertz CT molecular complexity index is 603. The molecule has 2 amide bonds. The fourth-order valence-electron chi connectivity index (χ4n) is 1.37. The topological polar surface area (TPSA) is 149 Å². The summed E-state index contributed by atoms with van der Waals surface area (Å²) in [4.78, 5) is 25.4. The molecule has 8 N–H and O–H groups in total. The van der Waals surface area contributed by atoms with Gasteiger partial charge in [0.1, 0.15) is 0 Å². The van der Waals surface area contributed by atoms with Gasteiger partial charge in [-0.3, -0.25) is 25.4 Å². The highest BCUT2D eigenvalue weighted by atomic mass is 16.2. The van der Waals surface area contributed by atoms with Gasteiger partial charge in [-0.05, 0) is 24.3 Å². The lowest BCUT2D eigenvalue weighted by Gasteiger charge is -2.01. The molecule has 2 aromatic rings. The van der Waals surface area contributed by atoms with E-state index >= 15 is 0 Å². The molecule has 0 unspecified atom stereocenters. The number of benzene rings is 1. The van der Waals surface area contributed by atoms with E-state index in [0.29, 0.717) is 16.8 Å². The van der Waals surface area contributed by atoms with E-state index < -0.39 is 0 Å². The minimum absolute atomic E-state index is 0.303. The van der Waals surface area contributed by atoms with Gasteiger partial charge in [0.2, 0.25) is 0 Å². The molecule has 0 bridgehead atoms. The Kier molecular flexibility index (Phi) is 6.32. The Morgan fingerprint density at radius 3 is 2.00 bits per heavy atom. The van der Waals surface area contributed by atoms with Crippen molar-refractivity contribution in [3.63, 3.8) is 0 Å². The maximum atomic E-state index is 10.9. The van der Waals surface area contributed by atoms with Crippen LogP contribution < -0.4 is 28.3 Å². The van der Waals surface area contributed by atoms with Crippen LogP contribution in [0.3, 0.4) is 0 Å². The molecule has 8 nitrogen and oxygen atoms in total. The number of para-hydroxylation sites is 1. The smallest absolute Gasteiger partial charge is 0.267 e. The molecule has 0 fully saturated rings. The first-order chi connectivity index (χ1) is 10.1. The van der Waals surface area contributed by atoms with Gasteiger partial charge >= 0.3 is 0 Å². The van der Waals surface area contributed by atoms with Gasteiger partial charge in [0, 0.05) is 23.6 Å². The monoisotopic (exact) mass is 288 g/mol. The molecule has 0 aliphatic heterocycles. The van der Waals surface area contributed by atoms with Crippen LogP contribution in [0.25, 0.3) is 0 Å². The lowest BCUT2D eigenvalue weighted by Crippen LogP contribution is -2.30. The minimum atomic E-state index is -0.372. The molecule has 0 radical (unpaired) electrons. The first-order valence-corrected chi connectivity index (χ1v) is 5.86. The third-order valence-corrected chi connectivity index (χ3v) is 2.41. The van der Waals surface area contributed by atoms with Crippen LogP contribution in [-0.4, -0.2) is 16.8 Å². The fourth-order valence-corrected chi connectivity index (χ4v) is 1.37. The molecule has 0 aliphatic rings. The molecule has 0 saturated heterocycles. The molecular formula is C13H16N6O2. The van der Waals surface area contributed by atoms with Gasteiger partial charge in [-0.2, -0.15) is 0 Å². The summed E-state index contributed by atoms with van der Waals surface area (Å²) in [5.41, 5.74) is 10.8. The Hall–Kier alpha value is -2.97. The van der Waals surface area contributed by atoms with Crippen molar-refractivity contribution in [3.8, 4) is 0 Å². The second kappa shape index (κ2) is 8.25. The van der Waals surface area contributed by atoms with Crippen LogP contribution in [0.1, 0.15) is 20.7 Å². The standard InChI is InChI=1S/C7H9N3O.C6H7N3O/c8-6-4-2-1-3-5(6)7(11)10-9;7-9-6(10)5-1-3-8-4-2-5/h1-4H,8-9H2,(H,10,11);1-4H,7H2,(H,9,10). The van der Waals surface area contributed by atoms with Crippen molar-refractivity contribution in [1.82, 2.24) is 15.8 Å². The second-order valence-corrected chi connectivity index (χ2v) is 3.77. The molecule has 110 valence electrons. The molecule has 2 rings (SSSR count). The van der Waals surface area contributed by atoms with Gasteiger partial charge < -0.3 is 5.73 Å². The van der Waals surface area contributed by atoms with Gasteiger partial charge in [-0.25, -0.2) is 11.7 Å². The van der Waals surface area contributed by atoms with Crippen molar-refractivity contribution < 1.29 is 9.59 Å². The first-order valence-electron chi connectivity index (χ1n) is 5.86. The number of carbonyl (C=O) groups excluding carboxylic acids is 2. The number of pyridine rings is 1. The van der Waals surface area contributed by atoms with Crippen LogP contribution in [0, 0.1) is 0 Å². The van der Waals surface area contributed by atoms with E-state index in [1.54, 1.807) is 36.4 Å². The number of hydrazine groups is 2. The fraction of sp³-hybridized carbons (Fsp3) is 0. The number of nitrogen functional groups attached to an aromatic ring is 3. The van der Waals surface area contributed by atoms with Gasteiger partial charge in [-0.1, -0.05) is 12.1 Å². The highest BCUT2D eigenvalue weighted by Crippen LogP contribution is 2.08. The van der Waals surface area contributed by atoms with E-state index in [0.717, 1.165) is 0 Å². The number of anilines is 1. The number of nitrogens with two attached hydrogens (primary N) is 3. The van der Waals surface area contributed by atoms with Crippen molar-refractivity contribution in [2.75, 3.05) is 5.73 Å². The number of hydrogen-bond acceptors (Lipinski definition) is 6. The van der Waals surface area contributed by atoms with Crippen LogP contribution in [0.5, 0.6) is 0 Å².